The van der Waals surface area contributed by atoms with Crippen LogP contribution < -0.4 is 0 Å². The zero-order valence-corrected chi connectivity index (χ0v) is 31.9. The molecule has 0 radical (unpaired) electrons. The first-order chi connectivity index (χ1) is 29.7. The third-order valence-electron chi connectivity index (χ3n) is 11.0. The molecule has 0 aliphatic heterocycles. The predicted octanol–water partition coefficient (Wildman–Crippen LogP) is 11.9. The number of pyridine rings is 4. The number of hydrogen-bond acceptors (Lipinski definition) is 8. The molecule has 0 unspecified atom stereocenters. The molecule has 8 nitrogen and oxygen atoms in total. The van der Waals surface area contributed by atoms with E-state index in [-0.39, 0.29) is 0 Å². The largest absolute Gasteiger partial charge is 0.254 e. The predicted molar refractivity (Wildman–Crippen MR) is 238 cm³/mol. The topological polar surface area (TPSA) is 114 Å². The van der Waals surface area contributed by atoms with Crippen LogP contribution in [-0.4, -0.2) is 34.9 Å². The molecule has 0 aliphatic rings. The van der Waals surface area contributed by atoms with E-state index < -0.39 is 0 Å². The van der Waals surface area contributed by atoms with E-state index in [0.717, 1.165) is 93.7 Å². The van der Waals surface area contributed by atoms with Gasteiger partial charge in [-0.2, -0.15) is 5.26 Å². The van der Waals surface area contributed by atoms with Crippen LogP contribution in [0.15, 0.2) is 183 Å². The highest BCUT2D eigenvalue weighted by atomic mass is 15.0. The average molecular weight is 767 g/mol. The van der Waals surface area contributed by atoms with E-state index in [9.17, 15) is 5.26 Å². The molecule has 0 N–H and O–H groups in total. The van der Waals surface area contributed by atoms with Crippen LogP contribution in [0.4, 0.5) is 0 Å². The van der Waals surface area contributed by atoms with Crippen molar-refractivity contribution in [2.75, 3.05) is 0 Å². The Labute approximate surface area is 344 Å². The number of fused-ring (bicyclic) bond motifs is 6. The van der Waals surface area contributed by atoms with Gasteiger partial charge in [0.25, 0.3) is 0 Å². The zero-order chi connectivity index (χ0) is 40.0. The maximum absolute atomic E-state index is 9.27. The van der Waals surface area contributed by atoms with Crippen LogP contribution in [-0.2, 0) is 0 Å². The summed E-state index contributed by atoms with van der Waals surface area (Å²) in [6.07, 6.45) is 7.24. The van der Waals surface area contributed by atoms with Crippen LogP contribution >= 0.6 is 0 Å². The van der Waals surface area contributed by atoms with Crippen LogP contribution in [0.2, 0.25) is 0 Å². The summed E-state index contributed by atoms with van der Waals surface area (Å²) in [5.74, 6) is 1.69. The molecule has 0 saturated carbocycles. The Bertz CT molecular complexity index is 3290. The minimum atomic E-state index is 0.563. The van der Waals surface area contributed by atoms with Crippen molar-refractivity contribution in [3.8, 4) is 73.6 Å². The zero-order valence-electron chi connectivity index (χ0n) is 31.9. The fourth-order valence-corrected chi connectivity index (χ4v) is 7.94. The van der Waals surface area contributed by atoms with Gasteiger partial charge in [0, 0.05) is 63.0 Å². The van der Waals surface area contributed by atoms with Gasteiger partial charge in [-0.3, -0.25) is 19.9 Å². The van der Waals surface area contributed by atoms with Gasteiger partial charge in [-0.05, 0) is 81.9 Å². The highest BCUT2D eigenvalue weighted by Gasteiger charge is 2.16. The van der Waals surface area contributed by atoms with Gasteiger partial charge in [0.15, 0.2) is 17.5 Å². The molecule has 0 spiro atoms. The second kappa shape index (κ2) is 14.4. The molecule has 0 amide bonds. The quantitative estimate of drug-likeness (QED) is 0.154. The Hall–Kier alpha value is -8.54. The van der Waals surface area contributed by atoms with Crippen molar-refractivity contribution in [1.29, 1.82) is 5.26 Å². The minimum absolute atomic E-state index is 0.563. The summed E-state index contributed by atoms with van der Waals surface area (Å²) < 4.78 is 0. The maximum Gasteiger partial charge on any atom is 0.164 e. The van der Waals surface area contributed by atoms with E-state index in [1.807, 2.05) is 85.5 Å². The van der Waals surface area contributed by atoms with Gasteiger partial charge >= 0.3 is 0 Å². The van der Waals surface area contributed by atoms with E-state index in [1.54, 1.807) is 0 Å². The Morgan fingerprint density at radius 3 is 1.07 bits per heavy atom. The molecular formula is C52H30N8. The number of hydrogen-bond donors (Lipinski definition) is 0. The monoisotopic (exact) mass is 766 g/mol. The maximum atomic E-state index is 9.27. The lowest BCUT2D eigenvalue weighted by Crippen LogP contribution is -2.00. The third-order valence-corrected chi connectivity index (χ3v) is 11.0. The lowest BCUT2D eigenvalue weighted by atomic mass is 9.96. The van der Waals surface area contributed by atoms with Crippen LogP contribution in [0, 0.1) is 11.3 Å². The van der Waals surface area contributed by atoms with Crippen molar-refractivity contribution >= 4 is 43.6 Å². The summed E-state index contributed by atoms with van der Waals surface area (Å²) in [7, 11) is 0. The standard InChI is InChI=1S/C52H30N8/c53-31-32-9-11-33(12-10-32)34-13-19-37(20-14-34)50-58-51(38-21-15-35(16-22-38)44-29-40-5-1-25-54-46(40)48-42(44)7-3-27-56-48)60-52(59-50)39-23-17-36(18-24-39)45-30-41-6-2-26-55-47(41)49-43(45)8-4-28-57-49/h1-30H. The van der Waals surface area contributed by atoms with E-state index in [2.05, 4.69) is 113 Å². The smallest absolute Gasteiger partial charge is 0.164 e. The molecule has 0 bridgehead atoms. The van der Waals surface area contributed by atoms with E-state index in [0.29, 0.717) is 23.0 Å². The molecule has 60 heavy (non-hydrogen) atoms. The molecule has 11 rings (SSSR count). The highest BCUT2D eigenvalue weighted by molar-refractivity contribution is 6.11. The van der Waals surface area contributed by atoms with Gasteiger partial charge in [0.2, 0.25) is 0 Å². The van der Waals surface area contributed by atoms with Crippen molar-refractivity contribution in [2.24, 2.45) is 0 Å². The highest BCUT2D eigenvalue weighted by Crippen LogP contribution is 2.36. The van der Waals surface area contributed by atoms with Crippen molar-refractivity contribution in [3.05, 3.63) is 188 Å². The Morgan fingerprint density at radius 2 is 0.667 bits per heavy atom. The van der Waals surface area contributed by atoms with Crippen LogP contribution in [0.5, 0.6) is 0 Å². The van der Waals surface area contributed by atoms with E-state index in [4.69, 9.17) is 24.9 Å². The summed E-state index contributed by atoms with van der Waals surface area (Å²) in [6.45, 7) is 0. The van der Waals surface area contributed by atoms with Crippen LogP contribution in [0.1, 0.15) is 5.56 Å². The summed E-state index contributed by atoms with van der Waals surface area (Å²) in [4.78, 5) is 33.9. The van der Waals surface area contributed by atoms with E-state index in [1.165, 1.54) is 0 Å². The Kier molecular flexibility index (Phi) is 8.35. The first-order valence-corrected chi connectivity index (χ1v) is 19.5. The normalized spacial score (nSPS) is 11.3. The van der Waals surface area contributed by atoms with Crippen LogP contribution in [0.3, 0.4) is 0 Å². The molecule has 5 aromatic heterocycles. The second-order valence-corrected chi connectivity index (χ2v) is 14.5. The van der Waals surface area contributed by atoms with Gasteiger partial charge in [-0.15, -0.1) is 0 Å². The van der Waals surface area contributed by atoms with Crippen LogP contribution in [0.25, 0.3) is 111 Å². The summed E-state index contributed by atoms with van der Waals surface area (Å²) in [6, 6.07) is 55.2. The number of rotatable bonds is 6. The SMILES string of the molecule is N#Cc1ccc(-c2ccc(-c3nc(-c4ccc(-c5cc6cccnc6c6ncccc56)cc4)nc(-c4ccc(-c5cc6cccnc6c6ncccc56)cc4)n3)cc2)cc1. The van der Waals surface area contributed by atoms with Crippen molar-refractivity contribution in [2.45, 2.75) is 0 Å². The Balaban J connectivity index is 1.00. The molecule has 0 saturated heterocycles. The molecule has 0 atom stereocenters. The minimum Gasteiger partial charge on any atom is -0.254 e. The number of nitrogens with zero attached hydrogens (tertiary/aromatic N) is 8. The number of benzene rings is 6. The average Bonchev–Trinajstić information content (AvgIpc) is 3.33. The molecule has 11 aromatic rings. The summed E-state index contributed by atoms with van der Waals surface area (Å²) in [5, 5.41) is 13.4. The van der Waals surface area contributed by atoms with Crippen molar-refractivity contribution < 1.29 is 0 Å². The molecule has 8 heteroatoms. The molecule has 6 aromatic carbocycles. The van der Waals surface area contributed by atoms with Crippen molar-refractivity contribution in [3.63, 3.8) is 0 Å². The summed E-state index contributed by atoms with van der Waals surface area (Å²) in [5.41, 5.74) is 13.1. The fraction of sp³-hybridized carbons (Fsp3) is 0. The van der Waals surface area contributed by atoms with Gasteiger partial charge < -0.3 is 0 Å². The third kappa shape index (κ3) is 6.15. The molecule has 5 heterocycles. The number of nitriles is 1. The first-order valence-electron chi connectivity index (χ1n) is 19.5. The molecule has 0 fully saturated rings. The van der Waals surface area contributed by atoms with Gasteiger partial charge in [-0.25, -0.2) is 15.0 Å². The van der Waals surface area contributed by atoms with Gasteiger partial charge in [-0.1, -0.05) is 109 Å². The first kappa shape index (κ1) is 34.7. The van der Waals surface area contributed by atoms with E-state index >= 15 is 0 Å². The fourth-order valence-electron chi connectivity index (χ4n) is 7.94. The lowest BCUT2D eigenvalue weighted by Gasteiger charge is -2.12. The van der Waals surface area contributed by atoms with Gasteiger partial charge in [0.1, 0.15) is 0 Å². The molecule has 278 valence electrons. The lowest BCUT2D eigenvalue weighted by molar-refractivity contribution is 1.07. The van der Waals surface area contributed by atoms with Crippen molar-refractivity contribution in [1.82, 2.24) is 34.9 Å². The Morgan fingerprint density at radius 1 is 0.333 bits per heavy atom. The van der Waals surface area contributed by atoms with Gasteiger partial charge in [0.05, 0.1) is 33.7 Å². The molecular weight excluding hydrogens is 737 g/mol. The number of aromatic nitrogens is 7. The molecule has 0 aliphatic carbocycles. The second-order valence-electron chi connectivity index (χ2n) is 14.5. The summed E-state index contributed by atoms with van der Waals surface area (Å²) >= 11 is 0.